The van der Waals surface area contributed by atoms with E-state index in [1.807, 2.05) is 0 Å². The maximum atomic E-state index is 13.8. The highest BCUT2D eigenvalue weighted by molar-refractivity contribution is 7.52. The van der Waals surface area contributed by atoms with Crippen molar-refractivity contribution in [1.82, 2.24) is 14.6 Å². The minimum Gasteiger partial charge on any atom is -0.462 e. The Labute approximate surface area is 234 Å². The number of nitrogens with one attached hydrogen (secondary N) is 2. The van der Waals surface area contributed by atoms with E-state index in [9.17, 15) is 24.1 Å². The van der Waals surface area contributed by atoms with Crippen LogP contribution in [0.15, 0.2) is 52.2 Å². The molecule has 2 heterocycles. The van der Waals surface area contributed by atoms with Gasteiger partial charge < -0.3 is 19.1 Å². The van der Waals surface area contributed by atoms with E-state index in [0.29, 0.717) is 0 Å². The fourth-order valence-electron chi connectivity index (χ4n) is 3.83. The maximum Gasteiger partial charge on any atom is 0.459 e. The summed E-state index contributed by atoms with van der Waals surface area (Å²) < 4.78 is 37.2. The van der Waals surface area contributed by atoms with Crippen molar-refractivity contribution in [3.05, 3.63) is 63.4 Å². The summed E-state index contributed by atoms with van der Waals surface area (Å²) in [4.78, 5) is 36.7. The van der Waals surface area contributed by atoms with Crippen LogP contribution in [0, 0.1) is 17.2 Å². The topological polar surface area (TPSA) is 158 Å². The predicted octanol–water partition coefficient (Wildman–Crippen LogP) is 2.35. The molecule has 0 aliphatic carbocycles. The molecule has 0 saturated carbocycles. The van der Waals surface area contributed by atoms with Gasteiger partial charge in [-0.25, -0.2) is 9.36 Å². The van der Waals surface area contributed by atoms with Crippen molar-refractivity contribution in [2.24, 2.45) is 5.92 Å². The molecule has 0 amide bonds. The Balaban J connectivity index is 1.90. The Morgan fingerprint density at radius 3 is 2.56 bits per heavy atom. The third kappa shape index (κ3) is 7.52. The van der Waals surface area contributed by atoms with Crippen LogP contribution in [0.3, 0.4) is 0 Å². The van der Waals surface area contributed by atoms with E-state index in [4.69, 9.17) is 41.7 Å². The summed E-state index contributed by atoms with van der Waals surface area (Å²) in [6, 6.07) is 8.09. The molecular formula is C24H28Cl2N3O9P. The molecule has 3 unspecified atom stereocenters. The van der Waals surface area contributed by atoms with Gasteiger partial charge in [0, 0.05) is 23.6 Å². The molecular weight excluding hydrogens is 576 g/mol. The first kappa shape index (κ1) is 30.9. The van der Waals surface area contributed by atoms with Gasteiger partial charge in [0.05, 0.1) is 25.4 Å². The highest BCUT2D eigenvalue weighted by Crippen LogP contribution is 2.50. The number of esters is 1. The second kappa shape index (κ2) is 13.2. The van der Waals surface area contributed by atoms with Gasteiger partial charge in [-0.3, -0.25) is 23.7 Å². The van der Waals surface area contributed by atoms with E-state index in [1.54, 1.807) is 32.0 Å². The molecule has 6 atom stereocenters. The number of benzene rings is 1. The molecule has 1 aliphatic rings. The van der Waals surface area contributed by atoms with Gasteiger partial charge in [-0.2, -0.15) is 5.09 Å². The summed E-state index contributed by atoms with van der Waals surface area (Å²) >= 11 is 12.4. The Morgan fingerprint density at radius 1 is 1.28 bits per heavy atom. The van der Waals surface area contributed by atoms with Crippen molar-refractivity contribution in [3.63, 3.8) is 0 Å². The number of hydrogen-bond donors (Lipinski definition) is 3. The van der Waals surface area contributed by atoms with Gasteiger partial charge >= 0.3 is 19.4 Å². The van der Waals surface area contributed by atoms with Gasteiger partial charge in [0.2, 0.25) is 0 Å². The van der Waals surface area contributed by atoms with Crippen LogP contribution in [-0.4, -0.2) is 57.0 Å². The summed E-state index contributed by atoms with van der Waals surface area (Å²) in [7, 11) is -4.28. The Kier molecular flexibility index (Phi) is 10.4. The van der Waals surface area contributed by atoms with E-state index in [1.165, 1.54) is 19.1 Å². The lowest BCUT2D eigenvalue weighted by Crippen LogP contribution is -2.42. The highest BCUT2D eigenvalue weighted by Gasteiger charge is 2.56. The molecule has 15 heteroatoms. The Morgan fingerprint density at radius 2 is 1.97 bits per heavy atom. The second-order valence-corrected chi connectivity index (χ2v) is 11.4. The first-order valence-electron chi connectivity index (χ1n) is 11.8. The van der Waals surface area contributed by atoms with Crippen molar-refractivity contribution >= 4 is 36.9 Å². The first-order valence-corrected chi connectivity index (χ1v) is 14.1. The lowest BCUT2D eigenvalue weighted by atomic mass is 9.89. The highest BCUT2D eigenvalue weighted by atomic mass is 35.5. The number of aromatic amines is 1. The second-order valence-electron chi connectivity index (χ2n) is 8.85. The monoisotopic (exact) mass is 603 g/mol. The molecule has 39 heavy (non-hydrogen) atoms. The van der Waals surface area contributed by atoms with E-state index in [-0.39, 0.29) is 5.75 Å². The summed E-state index contributed by atoms with van der Waals surface area (Å²) in [5.74, 6) is 1.04. The predicted molar refractivity (Wildman–Crippen MR) is 142 cm³/mol. The van der Waals surface area contributed by atoms with E-state index >= 15 is 0 Å². The molecule has 2 aromatic rings. The van der Waals surface area contributed by atoms with Gasteiger partial charge in [0.1, 0.15) is 11.8 Å². The van der Waals surface area contributed by atoms with Crippen LogP contribution in [-0.2, 0) is 23.4 Å². The summed E-state index contributed by atoms with van der Waals surface area (Å²) in [6.07, 6.45) is -1.68. The average molecular weight is 604 g/mol. The number of para-hydroxylation sites is 1. The third-order valence-electron chi connectivity index (χ3n) is 5.63. The standard InChI is InChI=1S/C24H28Cl2N3O9P/c1-15(2)36-21(32)16(3)28-39(34,38-17-7-5-4-6-8-17)35-14-19-18(13-30)24(26,10-11-25)22(37-19)29-12-9-20(31)27-23(29)33/h4-9,12,15-16,18-19,22,30H,13-14H2,1-3H3,(H,28,34)(H,27,31,33)/t16-,18?,19+,22+,24?,39?/m0/s1. The van der Waals surface area contributed by atoms with E-state index in [2.05, 4.69) is 21.4 Å². The number of aromatic nitrogens is 2. The minimum atomic E-state index is -4.28. The quantitative estimate of drug-likeness (QED) is 0.151. The zero-order valence-electron chi connectivity index (χ0n) is 21.2. The van der Waals surface area contributed by atoms with Crippen LogP contribution in [0.25, 0.3) is 0 Å². The maximum absolute atomic E-state index is 13.8. The van der Waals surface area contributed by atoms with Gasteiger partial charge in [-0.05, 0) is 44.5 Å². The number of carbonyl (C=O) groups excluding carboxylic acids is 1. The largest absolute Gasteiger partial charge is 0.462 e. The number of carbonyl (C=O) groups is 1. The molecule has 1 fully saturated rings. The summed E-state index contributed by atoms with van der Waals surface area (Å²) in [5, 5.41) is 14.9. The molecule has 0 radical (unpaired) electrons. The van der Waals surface area contributed by atoms with Crippen LogP contribution in [0.4, 0.5) is 0 Å². The molecule has 0 spiro atoms. The molecule has 212 valence electrons. The molecule has 3 rings (SSSR count). The van der Waals surface area contributed by atoms with Crippen LogP contribution >= 0.6 is 30.9 Å². The number of rotatable bonds is 11. The molecule has 1 aromatic heterocycles. The normalized spacial score (nSPS) is 24.8. The Hall–Kier alpha value is -2.62. The van der Waals surface area contributed by atoms with Gasteiger partial charge in [0.15, 0.2) is 11.1 Å². The number of H-pyrrole nitrogens is 1. The van der Waals surface area contributed by atoms with Crippen molar-refractivity contribution < 1.29 is 33.0 Å². The van der Waals surface area contributed by atoms with Crippen molar-refractivity contribution in [1.29, 1.82) is 0 Å². The number of aliphatic hydroxyl groups is 1. The number of halogens is 2. The number of alkyl halides is 1. The summed E-state index contributed by atoms with van der Waals surface area (Å²) in [5.41, 5.74) is -1.49. The average Bonchev–Trinajstić information content (AvgIpc) is 3.14. The SMILES string of the molecule is CC(C)OC(=O)[C@H](C)NP(=O)(OC[C@H]1O[C@@H](n2ccc(=O)[nH]c2=O)C(Cl)(C#CCl)C1CO)Oc1ccccc1. The zero-order valence-corrected chi connectivity index (χ0v) is 23.6. The molecule has 1 aliphatic heterocycles. The molecule has 1 aromatic carbocycles. The summed E-state index contributed by atoms with van der Waals surface area (Å²) in [6.45, 7) is 3.68. The lowest BCUT2D eigenvalue weighted by Gasteiger charge is -2.27. The molecule has 12 nitrogen and oxygen atoms in total. The molecule has 3 N–H and O–H groups in total. The number of nitrogens with zero attached hydrogens (tertiary/aromatic N) is 1. The molecule has 1 saturated heterocycles. The van der Waals surface area contributed by atoms with Crippen LogP contribution in [0.1, 0.15) is 27.0 Å². The third-order valence-corrected chi connectivity index (χ3v) is 7.93. The first-order chi connectivity index (χ1) is 18.4. The van der Waals surface area contributed by atoms with Crippen LogP contribution in [0.5, 0.6) is 5.75 Å². The minimum absolute atomic E-state index is 0.182. The van der Waals surface area contributed by atoms with E-state index in [0.717, 1.165) is 16.8 Å². The van der Waals surface area contributed by atoms with Gasteiger partial charge in [0.25, 0.3) is 5.56 Å². The van der Waals surface area contributed by atoms with Crippen molar-refractivity contribution in [2.75, 3.05) is 13.2 Å². The number of hydrogen-bond acceptors (Lipinski definition) is 9. The van der Waals surface area contributed by atoms with Crippen LogP contribution in [0.2, 0.25) is 0 Å². The van der Waals surface area contributed by atoms with Crippen molar-refractivity contribution in [3.8, 4) is 17.0 Å². The zero-order chi connectivity index (χ0) is 28.8. The molecule has 0 bridgehead atoms. The smallest absolute Gasteiger partial charge is 0.459 e. The number of ether oxygens (including phenoxy) is 2. The van der Waals surface area contributed by atoms with Crippen LogP contribution < -0.4 is 20.9 Å². The Bertz CT molecular complexity index is 1370. The van der Waals surface area contributed by atoms with Gasteiger partial charge in [-0.15, -0.1) is 0 Å². The van der Waals surface area contributed by atoms with Gasteiger partial charge in [-0.1, -0.05) is 35.7 Å². The van der Waals surface area contributed by atoms with E-state index < -0.39 is 73.4 Å². The lowest BCUT2D eigenvalue weighted by molar-refractivity contribution is -0.149. The fourth-order valence-corrected chi connectivity index (χ4v) is 5.95. The number of aliphatic hydroxyl groups excluding tert-OH is 1. The van der Waals surface area contributed by atoms with Crippen molar-refractivity contribution in [2.45, 2.75) is 50.1 Å². The fraction of sp³-hybridized carbons (Fsp3) is 0.458.